The van der Waals surface area contributed by atoms with Gasteiger partial charge in [-0.05, 0) is 30.5 Å². The Kier molecular flexibility index (Phi) is 7.91. The molecule has 0 aliphatic carbocycles. The van der Waals surface area contributed by atoms with E-state index in [1.54, 1.807) is 12.1 Å². The van der Waals surface area contributed by atoms with Crippen molar-refractivity contribution in [3.63, 3.8) is 0 Å². The number of amides is 1. The molecular formula is C16H24ClFN2O3. The van der Waals surface area contributed by atoms with E-state index >= 15 is 0 Å². The molecule has 130 valence electrons. The Morgan fingerprint density at radius 2 is 2.13 bits per heavy atom. The molecule has 3 N–H and O–H groups in total. The van der Waals surface area contributed by atoms with E-state index in [-0.39, 0.29) is 30.7 Å². The Bertz CT molecular complexity index is 522. The van der Waals surface area contributed by atoms with Crippen molar-refractivity contribution in [1.29, 1.82) is 0 Å². The summed E-state index contributed by atoms with van der Waals surface area (Å²) in [5.74, 6) is -0.365. The molecule has 0 aromatic heterocycles. The molecule has 1 aromatic rings. The third-order valence-electron chi connectivity index (χ3n) is 4.19. The van der Waals surface area contributed by atoms with Crippen molar-refractivity contribution in [3.05, 3.63) is 35.1 Å². The first-order valence-electron chi connectivity index (χ1n) is 7.43. The Labute approximate surface area is 142 Å². The summed E-state index contributed by atoms with van der Waals surface area (Å²) in [5, 5.41) is 2.91. The fourth-order valence-electron chi connectivity index (χ4n) is 2.66. The molecular weight excluding hydrogens is 323 g/mol. The number of benzene rings is 1. The highest BCUT2D eigenvalue weighted by molar-refractivity contribution is 5.85. The zero-order valence-corrected chi connectivity index (χ0v) is 14.1. The minimum atomic E-state index is -0.548. The van der Waals surface area contributed by atoms with E-state index in [4.69, 9.17) is 15.2 Å². The Balaban J connectivity index is 0.00000264. The van der Waals surface area contributed by atoms with Gasteiger partial charge in [-0.25, -0.2) is 4.39 Å². The maximum absolute atomic E-state index is 13.6. The van der Waals surface area contributed by atoms with Crippen molar-refractivity contribution in [2.24, 2.45) is 11.1 Å². The average molecular weight is 347 g/mol. The Morgan fingerprint density at radius 3 is 2.74 bits per heavy atom. The van der Waals surface area contributed by atoms with Crippen LogP contribution in [0.3, 0.4) is 0 Å². The van der Waals surface area contributed by atoms with Gasteiger partial charge in [-0.15, -0.1) is 12.4 Å². The number of carbonyl (C=O) groups excluding carboxylic acids is 1. The van der Waals surface area contributed by atoms with E-state index < -0.39 is 5.41 Å². The second kappa shape index (κ2) is 9.17. The lowest BCUT2D eigenvalue weighted by Gasteiger charge is -2.34. The van der Waals surface area contributed by atoms with Crippen LogP contribution in [0.25, 0.3) is 0 Å². The summed E-state index contributed by atoms with van der Waals surface area (Å²) in [4.78, 5) is 12.5. The fourth-order valence-corrected chi connectivity index (χ4v) is 2.66. The first-order valence-corrected chi connectivity index (χ1v) is 7.43. The van der Waals surface area contributed by atoms with Crippen molar-refractivity contribution in [2.45, 2.75) is 26.0 Å². The smallest absolute Gasteiger partial charge is 0.227 e. The van der Waals surface area contributed by atoms with Crippen LogP contribution in [0.4, 0.5) is 4.39 Å². The Morgan fingerprint density at radius 1 is 1.43 bits per heavy atom. The normalized spacial score (nSPS) is 16.5. The highest BCUT2D eigenvalue weighted by Crippen LogP contribution is 2.29. The number of nitrogens with two attached hydrogens (primary N) is 1. The molecule has 1 aromatic carbocycles. The van der Waals surface area contributed by atoms with Crippen molar-refractivity contribution in [1.82, 2.24) is 5.32 Å². The van der Waals surface area contributed by atoms with Crippen LogP contribution in [-0.4, -0.2) is 32.8 Å². The predicted molar refractivity (Wildman–Crippen MR) is 87.7 cm³/mol. The lowest BCUT2D eigenvalue weighted by molar-refractivity contribution is -0.136. The van der Waals surface area contributed by atoms with Gasteiger partial charge >= 0.3 is 0 Å². The van der Waals surface area contributed by atoms with E-state index in [0.29, 0.717) is 44.7 Å². The first-order chi connectivity index (χ1) is 10.6. The number of hydrogen-bond donors (Lipinski definition) is 2. The van der Waals surface area contributed by atoms with Crippen LogP contribution in [0.5, 0.6) is 0 Å². The van der Waals surface area contributed by atoms with Gasteiger partial charge in [-0.2, -0.15) is 0 Å². The van der Waals surface area contributed by atoms with E-state index in [1.807, 2.05) is 0 Å². The number of halogens is 2. The maximum Gasteiger partial charge on any atom is 0.227 e. The molecule has 1 fully saturated rings. The summed E-state index contributed by atoms with van der Waals surface area (Å²) in [6, 6.07) is 4.76. The molecule has 1 aliphatic heterocycles. The average Bonchev–Trinajstić information content (AvgIpc) is 2.56. The number of hydrogen-bond acceptors (Lipinski definition) is 4. The third kappa shape index (κ3) is 4.88. The quantitative estimate of drug-likeness (QED) is 0.823. The van der Waals surface area contributed by atoms with Gasteiger partial charge in [0.05, 0.1) is 12.0 Å². The second-order valence-electron chi connectivity index (χ2n) is 5.64. The summed E-state index contributed by atoms with van der Waals surface area (Å²) in [5.41, 5.74) is 6.58. The lowest BCUT2D eigenvalue weighted by Crippen LogP contribution is -2.48. The van der Waals surface area contributed by atoms with E-state index in [9.17, 15) is 9.18 Å². The van der Waals surface area contributed by atoms with E-state index in [1.165, 1.54) is 13.2 Å². The summed E-state index contributed by atoms with van der Waals surface area (Å²) in [6.45, 7) is 1.97. The molecule has 0 atom stereocenters. The molecule has 0 bridgehead atoms. The van der Waals surface area contributed by atoms with Gasteiger partial charge in [0.25, 0.3) is 0 Å². The molecule has 1 heterocycles. The van der Waals surface area contributed by atoms with E-state index in [0.717, 1.165) is 5.56 Å². The number of methoxy groups -OCH3 is 1. The van der Waals surface area contributed by atoms with Gasteiger partial charge in [-0.3, -0.25) is 4.79 Å². The minimum absolute atomic E-state index is 0. The molecule has 1 saturated heterocycles. The molecule has 1 amide bonds. The zero-order chi connectivity index (χ0) is 16.0. The maximum atomic E-state index is 13.6. The number of rotatable bonds is 6. The van der Waals surface area contributed by atoms with Gasteiger partial charge in [0.15, 0.2) is 0 Å². The number of ether oxygens (including phenoxy) is 2. The van der Waals surface area contributed by atoms with Crippen LogP contribution in [0.2, 0.25) is 0 Å². The summed E-state index contributed by atoms with van der Waals surface area (Å²) >= 11 is 0. The molecule has 23 heavy (non-hydrogen) atoms. The molecule has 0 radical (unpaired) electrons. The molecule has 7 heteroatoms. The first kappa shape index (κ1) is 19.8. The minimum Gasteiger partial charge on any atom is -0.381 e. The van der Waals surface area contributed by atoms with Crippen LogP contribution in [0.1, 0.15) is 24.0 Å². The van der Waals surface area contributed by atoms with Gasteiger partial charge in [-0.1, -0.05) is 6.07 Å². The van der Waals surface area contributed by atoms with Gasteiger partial charge < -0.3 is 20.5 Å². The molecule has 1 aliphatic rings. The molecule has 0 saturated carbocycles. The van der Waals surface area contributed by atoms with Crippen LogP contribution in [-0.2, 0) is 27.4 Å². The largest absolute Gasteiger partial charge is 0.381 e. The van der Waals surface area contributed by atoms with Gasteiger partial charge in [0.1, 0.15) is 5.82 Å². The topological polar surface area (TPSA) is 73.6 Å². The Hall–Kier alpha value is -1.21. The standard InChI is InChI=1S/C16H23FN2O3.ClH/c1-21-10-13-8-12(2-3-14(13)17)9-19-15(20)16(11-18)4-6-22-7-5-16;/h2-3,8H,4-7,9-11,18H2,1H3,(H,19,20);1H. The lowest BCUT2D eigenvalue weighted by atomic mass is 9.79. The number of carbonyl (C=O) groups is 1. The molecule has 0 unspecified atom stereocenters. The van der Waals surface area contributed by atoms with Crippen molar-refractivity contribution >= 4 is 18.3 Å². The highest BCUT2D eigenvalue weighted by atomic mass is 35.5. The number of nitrogens with one attached hydrogen (secondary N) is 1. The highest BCUT2D eigenvalue weighted by Gasteiger charge is 2.38. The van der Waals surface area contributed by atoms with Crippen molar-refractivity contribution in [3.8, 4) is 0 Å². The van der Waals surface area contributed by atoms with Crippen molar-refractivity contribution in [2.75, 3.05) is 26.9 Å². The van der Waals surface area contributed by atoms with Gasteiger partial charge in [0.2, 0.25) is 5.91 Å². The van der Waals surface area contributed by atoms with Crippen LogP contribution in [0, 0.1) is 11.2 Å². The summed E-state index contributed by atoms with van der Waals surface area (Å²) in [7, 11) is 1.52. The van der Waals surface area contributed by atoms with Gasteiger partial charge in [0, 0.05) is 39.0 Å². The third-order valence-corrected chi connectivity index (χ3v) is 4.19. The monoisotopic (exact) mass is 346 g/mol. The van der Waals surface area contributed by atoms with Crippen LogP contribution in [0.15, 0.2) is 18.2 Å². The summed E-state index contributed by atoms with van der Waals surface area (Å²) in [6.07, 6.45) is 1.27. The fraction of sp³-hybridized carbons (Fsp3) is 0.562. The SMILES string of the molecule is COCc1cc(CNC(=O)C2(CN)CCOCC2)ccc1F.Cl. The van der Waals surface area contributed by atoms with Crippen molar-refractivity contribution < 1.29 is 18.7 Å². The van der Waals surface area contributed by atoms with E-state index in [2.05, 4.69) is 5.32 Å². The molecule has 0 spiro atoms. The second-order valence-corrected chi connectivity index (χ2v) is 5.64. The van der Waals surface area contributed by atoms with Crippen LogP contribution >= 0.6 is 12.4 Å². The zero-order valence-electron chi connectivity index (χ0n) is 13.3. The summed E-state index contributed by atoms with van der Waals surface area (Å²) < 4.78 is 23.8. The molecule has 2 rings (SSSR count). The molecule has 5 nitrogen and oxygen atoms in total. The predicted octanol–water partition coefficient (Wildman–Crippen LogP) is 1.77. The van der Waals surface area contributed by atoms with Crippen LogP contribution < -0.4 is 11.1 Å².